The van der Waals surface area contributed by atoms with Gasteiger partial charge >= 0.3 is 6.18 Å². The van der Waals surface area contributed by atoms with Crippen LogP contribution in [0.2, 0.25) is 0 Å². The number of rotatable bonds is 10. The molecule has 1 aromatic carbocycles. The standard InChI is InChI=1S/C20H30F3N3O2/c1-24-18(26-14-19(7-4-8-19)9-10-27-2)25-12-16-5-3-6-17(11-16)13-28-15-20(21,22)23/h3,5-6,11H,4,7-10,12-15H2,1-2H3,(H2,24,25,26). The molecule has 28 heavy (non-hydrogen) atoms. The Morgan fingerprint density at radius 1 is 1.21 bits per heavy atom. The van der Waals surface area contributed by atoms with Crippen molar-refractivity contribution in [2.24, 2.45) is 10.4 Å². The number of hydrogen-bond donors (Lipinski definition) is 2. The second-order valence-corrected chi connectivity index (χ2v) is 7.30. The molecule has 0 bridgehead atoms. The van der Waals surface area contributed by atoms with E-state index in [-0.39, 0.29) is 12.0 Å². The maximum atomic E-state index is 12.2. The molecular formula is C20H30F3N3O2. The van der Waals surface area contributed by atoms with Crippen molar-refractivity contribution in [1.82, 2.24) is 10.6 Å². The molecule has 0 aromatic heterocycles. The van der Waals surface area contributed by atoms with Crippen molar-refractivity contribution >= 4 is 5.96 Å². The third kappa shape index (κ3) is 7.67. The van der Waals surface area contributed by atoms with Gasteiger partial charge in [-0.3, -0.25) is 4.99 Å². The Balaban J connectivity index is 1.79. The third-order valence-corrected chi connectivity index (χ3v) is 5.09. The van der Waals surface area contributed by atoms with Gasteiger partial charge in [0.1, 0.15) is 6.61 Å². The summed E-state index contributed by atoms with van der Waals surface area (Å²) in [6, 6.07) is 7.32. The summed E-state index contributed by atoms with van der Waals surface area (Å²) in [5, 5.41) is 6.65. The Kier molecular flexibility index (Phi) is 8.57. The lowest BCUT2D eigenvalue weighted by Gasteiger charge is -2.42. The molecule has 0 heterocycles. The lowest BCUT2D eigenvalue weighted by Crippen LogP contribution is -2.46. The minimum absolute atomic E-state index is 0.0671. The van der Waals surface area contributed by atoms with Crippen LogP contribution in [0.4, 0.5) is 13.2 Å². The normalized spacial score (nSPS) is 16.5. The molecule has 0 amide bonds. The number of alkyl halides is 3. The highest BCUT2D eigenvalue weighted by atomic mass is 19.4. The number of methoxy groups -OCH3 is 1. The fourth-order valence-corrected chi connectivity index (χ4v) is 3.30. The molecule has 1 aromatic rings. The van der Waals surface area contributed by atoms with Gasteiger partial charge in [-0.25, -0.2) is 0 Å². The van der Waals surface area contributed by atoms with E-state index in [2.05, 4.69) is 15.6 Å². The van der Waals surface area contributed by atoms with Crippen LogP contribution in [-0.2, 0) is 22.6 Å². The highest BCUT2D eigenvalue weighted by Crippen LogP contribution is 2.43. The summed E-state index contributed by atoms with van der Waals surface area (Å²) >= 11 is 0. The van der Waals surface area contributed by atoms with Gasteiger partial charge < -0.3 is 20.1 Å². The summed E-state index contributed by atoms with van der Waals surface area (Å²) in [7, 11) is 3.45. The summed E-state index contributed by atoms with van der Waals surface area (Å²) < 4.78 is 46.5. The van der Waals surface area contributed by atoms with Gasteiger partial charge in [-0.15, -0.1) is 0 Å². The van der Waals surface area contributed by atoms with E-state index in [1.54, 1.807) is 20.2 Å². The Labute approximate surface area is 164 Å². The Hall–Kier alpha value is -1.80. The zero-order valence-corrected chi connectivity index (χ0v) is 16.6. The van der Waals surface area contributed by atoms with Gasteiger partial charge in [0.05, 0.1) is 6.61 Å². The number of hydrogen-bond acceptors (Lipinski definition) is 3. The Morgan fingerprint density at radius 3 is 2.57 bits per heavy atom. The molecule has 1 aliphatic carbocycles. The van der Waals surface area contributed by atoms with Gasteiger partial charge in [0, 0.05) is 33.9 Å². The largest absolute Gasteiger partial charge is 0.411 e. The highest BCUT2D eigenvalue weighted by Gasteiger charge is 2.36. The smallest absolute Gasteiger partial charge is 0.385 e. The summed E-state index contributed by atoms with van der Waals surface area (Å²) in [5.41, 5.74) is 1.94. The molecule has 8 heteroatoms. The maximum Gasteiger partial charge on any atom is 0.411 e. The van der Waals surface area contributed by atoms with E-state index in [1.807, 2.05) is 18.2 Å². The van der Waals surface area contributed by atoms with Crippen molar-refractivity contribution in [2.45, 2.75) is 45.0 Å². The van der Waals surface area contributed by atoms with E-state index in [1.165, 1.54) is 19.3 Å². The predicted octanol–water partition coefficient (Wildman–Crippen LogP) is 3.64. The lowest BCUT2D eigenvalue weighted by atomic mass is 9.67. The molecule has 0 unspecified atom stereocenters. The van der Waals surface area contributed by atoms with E-state index in [0.29, 0.717) is 18.1 Å². The molecule has 5 nitrogen and oxygen atoms in total. The molecule has 1 fully saturated rings. The third-order valence-electron chi connectivity index (χ3n) is 5.09. The number of nitrogens with one attached hydrogen (secondary N) is 2. The van der Waals surface area contributed by atoms with Crippen molar-refractivity contribution in [1.29, 1.82) is 0 Å². The molecule has 0 radical (unpaired) electrons. The summed E-state index contributed by atoms with van der Waals surface area (Å²) in [6.45, 7) is 0.829. The van der Waals surface area contributed by atoms with Crippen molar-refractivity contribution in [2.75, 3.05) is 33.9 Å². The van der Waals surface area contributed by atoms with E-state index in [0.717, 1.165) is 25.1 Å². The lowest BCUT2D eigenvalue weighted by molar-refractivity contribution is -0.176. The van der Waals surface area contributed by atoms with Crippen LogP contribution in [-0.4, -0.2) is 46.1 Å². The topological polar surface area (TPSA) is 54.9 Å². The van der Waals surface area contributed by atoms with Crippen LogP contribution < -0.4 is 10.6 Å². The van der Waals surface area contributed by atoms with E-state index >= 15 is 0 Å². The predicted molar refractivity (Wildman–Crippen MR) is 103 cm³/mol. The first-order valence-corrected chi connectivity index (χ1v) is 9.52. The first kappa shape index (κ1) is 22.5. The second kappa shape index (κ2) is 10.7. The monoisotopic (exact) mass is 401 g/mol. The zero-order valence-electron chi connectivity index (χ0n) is 16.6. The molecule has 0 atom stereocenters. The van der Waals surface area contributed by atoms with Crippen molar-refractivity contribution in [3.8, 4) is 0 Å². The summed E-state index contributed by atoms with van der Waals surface area (Å²) in [4.78, 5) is 4.26. The highest BCUT2D eigenvalue weighted by molar-refractivity contribution is 5.79. The average molecular weight is 401 g/mol. The summed E-state index contributed by atoms with van der Waals surface area (Å²) in [6.07, 6.45) is 0.368. The molecule has 1 aliphatic rings. The van der Waals surface area contributed by atoms with Gasteiger partial charge in [-0.1, -0.05) is 30.7 Å². The van der Waals surface area contributed by atoms with Crippen molar-refractivity contribution in [3.05, 3.63) is 35.4 Å². The van der Waals surface area contributed by atoms with Crippen LogP contribution in [0.25, 0.3) is 0 Å². The first-order valence-electron chi connectivity index (χ1n) is 9.52. The van der Waals surface area contributed by atoms with Crippen LogP contribution in [0.15, 0.2) is 29.3 Å². The van der Waals surface area contributed by atoms with E-state index in [9.17, 15) is 13.2 Å². The number of benzene rings is 1. The average Bonchev–Trinajstić information content (AvgIpc) is 2.62. The molecule has 0 aliphatic heterocycles. The SMILES string of the molecule is CN=C(NCc1cccc(COCC(F)(F)F)c1)NCC1(CCOC)CCC1. The molecule has 2 N–H and O–H groups in total. The number of ether oxygens (including phenoxy) is 2. The zero-order chi connectivity index (χ0) is 20.5. The van der Waals surface area contributed by atoms with E-state index in [4.69, 9.17) is 9.47 Å². The van der Waals surface area contributed by atoms with Crippen LogP contribution in [0.1, 0.15) is 36.8 Å². The number of nitrogens with zero attached hydrogens (tertiary/aromatic N) is 1. The fourth-order valence-electron chi connectivity index (χ4n) is 3.30. The number of aliphatic imine (C=N–C) groups is 1. The minimum atomic E-state index is -4.31. The van der Waals surface area contributed by atoms with Gasteiger partial charge in [-0.05, 0) is 35.8 Å². The number of halogens is 3. The minimum Gasteiger partial charge on any atom is -0.385 e. The molecule has 1 saturated carbocycles. The van der Waals surface area contributed by atoms with Crippen molar-refractivity contribution < 1.29 is 22.6 Å². The molecular weight excluding hydrogens is 371 g/mol. The number of guanidine groups is 1. The first-order chi connectivity index (χ1) is 13.4. The Morgan fingerprint density at radius 2 is 1.96 bits per heavy atom. The molecule has 2 rings (SSSR count). The van der Waals surface area contributed by atoms with Gasteiger partial charge in [0.2, 0.25) is 0 Å². The van der Waals surface area contributed by atoms with Crippen LogP contribution >= 0.6 is 0 Å². The summed E-state index contributed by atoms with van der Waals surface area (Å²) in [5.74, 6) is 0.711. The quantitative estimate of drug-likeness (QED) is 0.464. The molecule has 0 spiro atoms. The molecule has 0 saturated heterocycles. The fraction of sp³-hybridized carbons (Fsp3) is 0.650. The van der Waals surface area contributed by atoms with Crippen LogP contribution in [0, 0.1) is 5.41 Å². The maximum absolute atomic E-state index is 12.2. The van der Waals surface area contributed by atoms with Crippen LogP contribution in [0.3, 0.4) is 0 Å². The molecule has 158 valence electrons. The van der Waals surface area contributed by atoms with E-state index < -0.39 is 12.8 Å². The van der Waals surface area contributed by atoms with Gasteiger partial charge in [0.15, 0.2) is 5.96 Å². The van der Waals surface area contributed by atoms with Crippen molar-refractivity contribution in [3.63, 3.8) is 0 Å². The Bertz CT molecular complexity index is 631. The van der Waals surface area contributed by atoms with Crippen LogP contribution in [0.5, 0.6) is 0 Å². The van der Waals surface area contributed by atoms with Gasteiger partial charge in [-0.2, -0.15) is 13.2 Å². The second-order valence-electron chi connectivity index (χ2n) is 7.30. The van der Waals surface area contributed by atoms with Gasteiger partial charge in [0.25, 0.3) is 0 Å².